The van der Waals surface area contributed by atoms with Gasteiger partial charge >= 0.3 is 0 Å². The summed E-state index contributed by atoms with van der Waals surface area (Å²) >= 11 is 2.66. The third-order valence-corrected chi connectivity index (χ3v) is 5.29. The lowest BCUT2D eigenvalue weighted by atomic mass is 10.2. The summed E-state index contributed by atoms with van der Waals surface area (Å²) < 4.78 is 0. The molecule has 3 rings (SSSR count). The zero-order chi connectivity index (χ0) is 18.5. The molecule has 26 heavy (non-hydrogen) atoms. The van der Waals surface area contributed by atoms with Crippen molar-refractivity contribution in [1.29, 1.82) is 0 Å². The highest BCUT2D eigenvalue weighted by atomic mass is 32.2. The maximum atomic E-state index is 12.1. The van der Waals surface area contributed by atoms with E-state index >= 15 is 0 Å². The normalized spacial score (nSPS) is 10.5. The van der Waals surface area contributed by atoms with Crippen LogP contribution in [0.3, 0.4) is 0 Å². The molecule has 0 saturated heterocycles. The molecule has 1 amide bonds. The highest BCUT2D eigenvalue weighted by Crippen LogP contribution is 2.28. The molecule has 0 atom stereocenters. The molecule has 9 heteroatoms. The molecule has 0 aliphatic heterocycles. The van der Waals surface area contributed by atoms with E-state index in [1.165, 1.54) is 40.8 Å². The Hall–Kier alpha value is -2.78. The molecule has 3 aromatic rings. The summed E-state index contributed by atoms with van der Waals surface area (Å²) in [5, 5.41) is 22.4. The van der Waals surface area contributed by atoms with Crippen LogP contribution < -0.4 is 5.32 Å². The van der Waals surface area contributed by atoms with Crippen LogP contribution in [0.5, 0.6) is 0 Å². The van der Waals surface area contributed by atoms with Gasteiger partial charge in [-0.1, -0.05) is 29.0 Å². The third-order valence-electron chi connectivity index (χ3n) is 3.39. The number of nitro benzene ring substituents is 1. The lowest BCUT2D eigenvalue weighted by Crippen LogP contribution is -2.13. The first kappa shape index (κ1) is 18.0. The van der Waals surface area contributed by atoms with Crippen molar-refractivity contribution < 1.29 is 9.72 Å². The standard InChI is InChI=1S/C17H14N4O3S2/c1-11-2-8-14(9-3-11)25-10-15(22)18-17-20-19-16(26-17)12-4-6-13(7-5-12)21(23)24/h2-9H,10H2,1H3,(H,18,20,22). The van der Waals surface area contributed by atoms with Crippen molar-refractivity contribution in [2.45, 2.75) is 11.8 Å². The molecule has 0 aliphatic rings. The van der Waals surface area contributed by atoms with Crippen molar-refractivity contribution >= 4 is 39.8 Å². The number of rotatable bonds is 6. The summed E-state index contributed by atoms with van der Waals surface area (Å²) in [7, 11) is 0. The Bertz CT molecular complexity index is 924. The maximum absolute atomic E-state index is 12.1. The number of carbonyl (C=O) groups excluding carboxylic acids is 1. The van der Waals surface area contributed by atoms with Gasteiger partial charge in [-0.2, -0.15) is 0 Å². The summed E-state index contributed by atoms with van der Waals surface area (Å²) in [5.74, 6) is 0.108. The van der Waals surface area contributed by atoms with Gasteiger partial charge in [0.1, 0.15) is 5.01 Å². The van der Waals surface area contributed by atoms with E-state index in [4.69, 9.17) is 0 Å². The molecule has 0 unspecified atom stereocenters. The van der Waals surface area contributed by atoms with Crippen LogP contribution in [0.1, 0.15) is 5.56 Å². The predicted molar refractivity (Wildman–Crippen MR) is 103 cm³/mol. The number of anilines is 1. The number of non-ortho nitro benzene ring substituents is 1. The number of aromatic nitrogens is 2. The minimum absolute atomic E-state index is 0.0138. The topological polar surface area (TPSA) is 98.0 Å². The van der Waals surface area contributed by atoms with Crippen LogP contribution in [0.15, 0.2) is 53.4 Å². The number of nitro groups is 1. The molecule has 7 nitrogen and oxygen atoms in total. The van der Waals surface area contributed by atoms with Gasteiger partial charge in [0, 0.05) is 22.6 Å². The number of carbonyl (C=O) groups is 1. The summed E-state index contributed by atoms with van der Waals surface area (Å²) in [6, 6.07) is 14.0. The number of benzene rings is 2. The fraction of sp³-hybridized carbons (Fsp3) is 0.118. The number of hydrogen-bond donors (Lipinski definition) is 1. The number of nitrogens with zero attached hydrogens (tertiary/aromatic N) is 3. The highest BCUT2D eigenvalue weighted by Gasteiger charge is 2.12. The van der Waals surface area contributed by atoms with Crippen molar-refractivity contribution in [2.24, 2.45) is 0 Å². The fourth-order valence-corrected chi connectivity index (χ4v) is 3.52. The average Bonchev–Trinajstić information content (AvgIpc) is 3.10. The first-order valence-electron chi connectivity index (χ1n) is 7.59. The Morgan fingerprint density at radius 3 is 2.50 bits per heavy atom. The van der Waals surface area contributed by atoms with Gasteiger partial charge in [-0.25, -0.2) is 0 Å². The minimum atomic E-state index is -0.457. The van der Waals surface area contributed by atoms with Gasteiger partial charge in [-0.15, -0.1) is 22.0 Å². The molecule has 0 saturated carbocycles. The number of hydrogen-bond acceptors (Lipinski definition) is 7. The van der Waals surface area contributed by atoms with E-state index in [2.05, 4.69) is 15.5 Å². The van der Waals surface area contributed by atoms with Crippen molar-refractivity contribution in [3.8, 4) is 10.6 Å². The lowest BCUT2D eigenvalue weighted by Gasteiger charge is -2.02. The highest BCUT2D eigenvalue weighted by molar-refractivity contribution is 8.00. The predicted octanol–water partition coefficient (Wildman–Crippen LogP) is 4.15. The van der Waals surface area contributed by atoms with Gasteiger partial charge < -0.3 is 0 Å². The molecule has 2 aromatic carbocycles. The average molecular weight is 386 g/mol. The monoisotopic (exact) mass is 386 g/mol. The molecular weight excluding hydrogens is 372 g/mol. The maximum Gasteiger partial charge on any atom is 0.269 e. The molecule has 1 aromatic heterocycles. The van der Waals surface area contributed by atoms with Crippen LogP contribution >= 0.6 is 23.1 Å². The molecule has 0 spiro atoms. The number of amides is 1. The first-order valence-corrected chi connectivity index (χ1v) is 9.39. The van der Waals surface area contributed by atoms with Crippen LogP contribution in [-0.4, -0.2) is 26.8 Å². The van der Waals surface area contributed by atoms with Crippen molar-refractivity contribution in [3.63, 3.8) is 0 Å². The van der Waals surface area contributed by atoms with Crippen LogP contribution in [0, 0.1) is 17.0 Å². The van der Waals surface area contributed by atoms with E-state index in [0.29, 0.717) is 15.7 Å². The number of nitrogens with one attached hydrogen (secondary N) is 1. The van der Waals surface area contributed by atoms with E-state index in [1.807, 2.05) is 31.2 Å². The number of aryl methyl sites for hydroxylation is 1. The zero-order valence-corrected chi connectivity index (χ0v) is 15.3. The second-order valence-corrected chi connectivity index (χ2v) is 7.39. The van der Waals surface area contributed by atoms with Crippen molar-refractivity contribution in [3.05, 3.63) is 64.2 Å². The van der Waals surface area contributed by atoms with Gasteiger partial charge in [0.25, 0.3) is 5.69 Å². The van der Waals surface area contributed by atoms with Crippen LogP contribution in [-0.2, 0) is 4.79 Å². The smallest absolute Gasteiger partial charge is 0.269 e. The summed E-state index contributed by atoms with van der Waals surface area (Å²) in [5.41, 5.74) is 1.90. The van der Waals surface area contributed by atoms with Gasteiger partial charge in [-0.05, 0) is 31.2 Å². The van der Waals surface area contributed by atoms with Gasteiger partial charge in [0.05, 0.1) is 10.7 Å². The Kier molecular flexibility index (Phi) is 5.59. The third kappa shape index (κ3) is 4.64. The molecule has 0 aliphatic carbocycles. The van der Waals surface area contributed by atoms with Gasteiger partial charge in [-0.3, -0.25) is 20.2 Å². The Morgan fingerprint density at radius 2 is 1.85 bits per heavy atom. The van der Waals surface area contributed by atoms with E-state index < -0.39 is 4.92 Å². The van der Waals surface area contributed by atoms with Crippen molar-refractivity contribution in [2.75, 3.05) is 11.1 Å². The molecule has 0 bridgehead atoms. The SMILES string of the molecule is Cc1ccc(SCC(=O)Nc2nnc(-c3ccc([N+](=O)[O-])cc3)s2)cc1. The second kappa shape index (κ2) is 8.07. The fourth-order valence-electron chi connectivity index (χ4n) is 2.05. The van der Waals surface area contributed by atoms with E-state index in [-0.39, 0.29) is 17.3 Å². The zero-order valence-electron chi connectivity index (χ0n) is 13.7. The second-order valence-electron chi connectivity index (χ2n) is 5.37. The summed E-state index contributed by atoms with van der Waals surface area (Å²) in [6.07, 6.45) is 0. The van der Waals surface area contributed by atoms with Gasteiger partial charge in [0.2, 0.25) is 11.0 Å². The van der Waals surface area contributed by atoms with Crippen molar-refractivity contribution in [1.82, 2.24) is 10.2 Å². The molecular formula is C17H14N4O3S2. The molecule has 132 valence electrons. The molecule has 0 fully saturated rings. The molecule has 0 radical (unpaired) electrons. The molecule has 1 heterocycles. The van der Waals surface area contributed by atoms with E-state index in [0.717, 1.165) is 4.90 Å². The van der Waals surface area contributed by atoms with Crippen LogP contribution in [0.2, 0.25) is 0 Å². The van der Waals surface area contributed by atoms with Crippen LogP contribution in [0.25, 0.3) is 10.6 Å². The minimum Gasteiger partial charge on any atom is -0.300 e. The summed E-state index contributed by atoms with van der Waals surface area (Å²) in [6.45, 7) is 2.01. The van der Waals surface area contributed by atoms with E-state index in [9.17, 15) is 14.9 Å². The lowest BCUT2D eigenvalue weighted by molar-refractivity contribution is -0.384. The quantitative estimate of drug-likeness (QED) is 0.388. The largest absolute Gasteiger partial charge is 0.300 e. The number of thioether (sulfide) groups is 1. The Morgan fingerprint density at radius 1 is 1.15 bits per heavy atom. The van der Waals surface area contributed by atoms with Gasteiger partial charge in [0.15, 0.2) is 0 Å². The van der Waals surface area contributed by atoms with Crippen LogP contribution in [0.4, 0.5) is 10.8 Å². The first-order chi connectivity index (χ1) is 12.5. The molecule has 1 N–H and O–H groups in total. The summed E-state index contributed by atoms with van der Waals surface area (Å²) in [4.78, 5) is 23.3. The van der Waals surface area contributed by atoms with E-state index in [1.54, 1.807) is 12.1 Å². The Balaban J connectivity index is 1.58. The Labute approximate surface area is 157 Å².